The topological polar surface area (TPSA) is 32.8 Å². The Morgan fingerprint density at radius 3 is 2.50 bits per heavy atom. The molecule has 1 spiro atoms. The van der Waals surface area contributed by atoms with Crippen molar-refractivity contribution >= 4 is 22.9 Å². The smallest absolute Gasteiger partial charge is 0.230 e. The second kappa shape index (κ2) is 7.28. The summed E-state index contributed by atoms with van der Waals surface area (Å²) in [6.45, 7) is 12.1. The minimum atomic E-state index is 0.106. The van der Waals surface area contributed by atoms with Crippen LogP contribution >= 0.6 is 11.3 Å². The van der Waals surface area contributed by atoms with Gasteiger partial charge in [-0.1, -0.05) is 39.3 Å². The molecule has 2 fully saturated rings. The summed E-state index contributed by atoms with van der Waals surface area (Å²) in [5.41, 5.74) is 2.83. The molecule has 1 aromatic rings. The van der Waals surface area contributed by atoms with Gasteiger partial charge in [-0.25, -0.2) is 0 Å². The molecule has 0 unspecified atom stereocenters. The lowest BCUT2D eigenvalue weighted by Gasteiger charge is -2.39. The SMILES string of the molecule is CC1=CC[C@H](C(=O)N(c2csc(C(C)(C)C)c2)[C@H]2CC[C@@]3(CC2)CO3)[C@@H](C)C1. The molecule has 1 amide bonds. The maximum absolute atomic E-state index is 13.8. The van der Waals surface area contributed by atoms with Crippen molar-refractivity contribution in [1.82, 2.24) is 0 Å². The monoisotopic (exact) mass is 401 g/mol. The first-order valence-electron chi connectivity index (χ1n) is 10.9. The maximum atomic E-state index is 13.8. The summed E-state index contributed by atoms with van der Waals surface area (Å²) in [4.78, 5) is 17.4. The summed E-state index contributed by atoms with van der Waals surface area (Å²) >= 11 is 1.80. The van der Waals surface area contributed by atoms with Gasteiger partial charge in [0.15, 0.2) is 0 Å². The summed E-state index contributed by atoms with van der Waals surface area (Å²) in [7, 11) is 0. The van der Waals surface area contributed by atoms with E-state index in [1.54, 1.807) is 11.3 Å². The van der Waals surface area contributed by atoms with Gasteiger partial charge in [-0.2, -0.15) is 0 Å². The van der Waals surface area contributed by atoms with Crippen LogP contribution in [0.25, 0.3) is 0 Å². The highest BCUT2D eigenvalue weighted by Gasteiger charge is 2.49. The first-order chi connectivity index (χ1) is 13.2. The van der Waals surface area contributed by atoms with Gasteiger partial charge in [0.1, 0.15) is 0 Å². The third kappa shape index (κ3) is 3.95. The van der Waals surface area contributed by atoms with Crippen molar-refractivity contribution < 1.29 is 9.53 Å². The Bertz CT molecular complexity index is 758. The van der Waals surface area contributed by atoms with Crippen LogP contribution in [0.1, 0.15) is 78.0 Å². The Hall–Kier alpha value is -1.13. The fraction of sp³-hybridized carbons (Fsp3) is 0.708. The van der Waals surface area contributed by atoms with Crippen molar-refractivity contribution in [2.45, 2.75) is 90.2 Å². The molecule has 0 radical (unpaired) electrons. The molecule has 28 heavy (non-hydrogen) atoms. The Morgan fingerprint density at radius 1 is 1.29 bits per heavy atom. The first kappa shape index (κ1) is 20.2. The number of epoxide rings is 1. The van der Waals surface area contributed by atoms with E-state index in [-0.39, 0.29) is 16.9 Å². The van der Waals surface area contributed by atoms with E-state index < -0.39 is 0 Å². The van der Waals surface area contributed by atoms with E-state index in [1.807, 2.05) is 0 Å². The average Bonchev–Trinajstić information content (AvgIpc) is 3.18. The van der Waals surface area contributed by atoms with Crippen LogP contribution in [0.5, 0.6) is 0 Å². The largest absolute Gasteiger partial charge is 0.370 e. The molecular weight excluding hydrogens is 366 g/mol. The van der Waals surface area contributed by atoms with Gasteiger partial charge < -0.3 is 9.64 Å². The number of amides is 1. The van der Waals surface area contributed by atoms with Crippen molar-refractivity contribution in [3.63, 3.8) is 0 Å². The van der Waals surface area contributed by atoms with Gasteiger partial charge in [-0.05, 0) is 62.8 Å². The van der Waals surface area contributed by atoms with Crippen LogP contribution in [-0.2, 0) is 14.9 Å². The summed E-state index contributed by atoms with van der Waals surface area (Å²) in [6, 6.07) is 2.58. The molecule has 2 heterocycles. The van der Waals surface area contributed by atoms with Gasteiger partial charge in [0.2, 0.25) is 5.91 Å². The van der Waals surface area contributed by atoms with Crippen LogP contribution in [0.3, 0.4) is 0 Å². The van der Waals surface area contributed by atoms with Crippen LogP contribution in [0.2, 0.25) is 0 Å². The molecule has 0 N–H and O–H groups in total. The normalized spacial score (nSPS) is 32.9. The lowest BCUT2D eigenvalue weighted by molar-refractivity contribution is -0.124. The number of nitrogens with zero attached hydrogens (tertiary/aromatic N) is 1. The number of rotatable bonds is 3. The molecule has 1 saturated carbocycles. The molecule has 154 valence electrons. The van der Waals surface area contributed by atoms with Crippen molar-refractivity contribution in [3.05, 3.63) is 28.0 Å². The van der Waals surface area contributed by atoms with E-state index in [2.05, 4.69) is 57.0 Å². The number of thiophene rings is 1. The number of carbonyl (C=O) groups is 1. The molecule has 3 nitrogen and oxygen atoms in total. The van der Waals surface area contributed by atoms with E-state index in [1.165, 1.54) is 10.5 Å². The maximum Gasteiger partial charge on any atom is 0.230 e. The molecule has 4 rings (SSSR count). The number of allylic oxidation sites excluding steroid dienone is 2. The summed E-state index contributed by atoms with van der Waals surface area (Å²) in [5, 5.41) is 2.21. The zero-order chi connectivity index (χ0) is 20.1. The minimum Gasteiger partial charge on any atom is -0.370 e. The first-order valence-corrected chi connectivity index (χ1v) is 11.8. The van der Waals surface area contributed by atoms with E-state index in [4.69, 9.17) is 4.74 Å². The van der Waals surface area contributed by atoms with Gasteiger partial charge in [-0.15, -0.1) is 11.3 Å². The van der Waals surface area contributed by atoms with Crippen LogP contribution < -0.4 is 4.90 Å². The molecular formula is C24H35NO2S. The van der Waals surface area contributed by atoms with Crippen molar-refractivity contribution in [2.75, 3.05) is 11.5 Å². The average molecular weight is 402 g/mol. The lowest BCUT2D eigenvalue weighted by atomic mass is 9.79. The third-order valence-corrected chi connectivity index (χ3v) is 8.34. The van der Waals surface area contributed by atoms with Crippen molar-refractivity contribution in [3.8, 4) is 0 Å². The van der Waals surface area contributed by atoms with Crippen LogP contribution in [-0.4, -0.2) is 24.2 Å². The minimum absolute atomic E-state index is 0.106. The van der Waals surface area contributed by atoms with Gasteiger partial charge in [0, 0.05) is 22.2 Å². The molecule has 0 aromatic carbocycles. The molecule has 1 aromatic heterocycles. The van der Waals surface area contributed by atoms with E-state index in [9.17, 15) is 4.79 Å². The molecule has 2 atom stereocenters. The third-order valence-electron chi connectivity index (χ3n) is 6.99. The van der Waals surface area contributed by atoms with Gasteiger partial charge in [-0.3, -0.25) is 4.79 Å². The highest BCUT2D eigenvalue weighted by Crippen LogP contribution is 2.45. The van der Waals surface area contributed by atoms with Crippen LogP contribution in [0.4, 0.5) is 5.69 Å². The van der Waals surface area contributed by atoms with Crippen molar-refractivity contribution in [1.29, 1.82) is 0 Å². The highest BCUT2D eigenvalue weighted by molar-refractivity contribution is 7.10. The Kier molecular flexibility index (Phi) is 5.24. The molecule has 2 aliphatic carbocycles. The predicted molar refractivity (Wildman–Crippen MR) is 117 cm³/mol. The molecule has 0 bridgehead atoms. The Labute approximate surface area is 174 Å². The molecule has 1 aliphatic heterocycles. The molecule has 1 saturated heterocycles. The number of hydrogen-bond acceptors (Lipinski definition) is 3. The Balaban J connectivity index is 1.61. The number of hydrogen-bond donors (Lipinski definition) is 0. The zero-order valence-electron chi connectivity index (χ0n) is 18.1. The van der Waals surface area contributed by atoms with Gasteiger partial charge in [0.25, 0.3) is 0 Å². The predicted octanol–water partition coefficient (Wildman–Crippen LogP) is 6.08. The molecule has 3 aliphatic rings. The quantitative estimate of drug-likeness (QED) is 0.454. The van der Waals surface area contributed by atoms with Gasteiger partial charge >= 0.3 is 0 Å². The summed E-state index contributed by atoms with van der Waals surface area (Å²) in [6.07, 6.45) is 8.52. The molecule has 4 heteroatoms. The summed E-state index contributed by atoms with van der Waals surface area (Å²) < 4.78 is 5.72. The fourth-order valence-electron chi connectivity index (χ4n) is 4.96. The van der Waals surface area contributed by atoms with Crippen LogP contribution in [0, 0.1) is 11.8 Å². The van der Waals surface area contributed by atoms with E-state index in [0.29, 0.717) is 17.9 Å². The Morgan fingerprint density at radius 2 is 1.96 bits per heavy atom. The highest BCUT2D eigenvalue weighted by atomic mass is 32.1. The van der Waals surface area contributed by atoms with E-state index in [0.717, 1.165) is 50.8 Å². The number of ether oxygens (including phenoxy) is 1. The standard InChI is InChI=1S/C24H35NO2S/c1-16-6-7-20(17(2)12-16)22(26)25(18-8-10-24(11-9-18)15-27-24)19-13-21(28-14-19)23(3,4)5/h6,13-14,17-18,20H,7-12,15H2,1-5H3/t17-,18-,20-,24+/m0/s1. The lowest BCUT2D eigenvalue weighted by Crippen LogP contribution is -2.48. The summed E-state index contributed by atoms with van der Waals surface area (Å²) in [5.74, 6) is 0.865. The van der Waals surface area contributed by atoms with Crippen LogP contribution in [0.15, 0.2) is 23.1 Å². The van der Waals surface area contributed by atoms with Gasteiger partial charge in [0.05, 0.1) is 17.9 Å². The second-order valence-electron chi connectivity index (χ2n) is 10.4. The number of anilines is 1. The van der Waals surface area contributed by atoms with Crippen molar-refractivity contribution in [2.24, 2.45) is 11.8 Å². The zero-order valence-corrected chi connectivity index (χ0v) is 18.9. The fourth-order valence-corrected chi connectivity index (χ4v) is 5.93. The van der Waals surface area contributed by atoms with E-state index >= 15 is 0 Å². The second-order valence-corrected chi connectivity index (χ2v) is 11.3. The number of carbonyl (C=O) groups excluding carboxylic acids is 1.